The topological polar surface area (TPSA) is 95.6 Å². The Hall–Kier alpha value is -2.49. The molecule has 0 atom stereocenters. The summed E-state index contributed by atoms with van der Waals surface area (Å²) in [4.78, 5) is 24.8. The largest absolute Gasteiger partial charge is 0.326 e. The van der Waals surface area contributed by atoms with Crippen LogP contribution < -0.4 is 10.6 Å². The maximum absolute atomic E-state index is 13.4. The molecule has 0 radical (unpaired) electrons. The summed E-state index contributed by atoms with van der Waals surface area (Å²) >= 11 is 5.74. The van der Waals surface area contributed by atoms with Crippen molar-refractivity contribution in [1.82, 2.24) is 4.31 Å². The molecule has 0 unspecified atom stereocenters. The van der Waals surface area contributed by atoms with Crippen molar-refractivity contribution in [2.24, 2.45) is 11.8 Å². The maximum atomic E-state index is 13.4. The van der Waals surface area contributed by atoms with Crippen LogP contribution in [0.4, 0.5) is 15.8 Å². The van der Waals surface area contributed by atoms with Gasteiger partial charge in [0, 0.05) is 36.3 Å². The van der Waals surface area contributed by atoms with E-state index < -0.39 is 15.8 Å². The lowest BCUT2D eigenvalue weighted by molar-refractivity contribution is -0.121. The van der Waals surface area contributed by atoms with E-state index >= 15 is 0 Å². The van der Waals surface area contributed by atoms with Crippen LogP contribution in [0.25, 0.3) is 0 Å². The van der Waals surface area contributed by atoms with Crippen molar-refractivity contribution in [3.8, 4) is 0 Å². The zero-order valence-electron chi connectivity index (χ0n) is 18.1. The van der Waals surface area contributed by atoms with E-state index in [1.54, 1.807) is 12.1 Å². The average Bonchev–Trinajstić information content (AvgIpc) is 3.63. The molecule has 1 aliphatic carbocycles. The molecule has 1 heterocycles. The number of hydrogen-bond acceptors (Lipinski definition) is 4. The summed E-state index contributed by atoms with van der Waals surface area (Å²) in [6, 6.07) is 8.69. The van der Waals surface area contributed by atoms with Gasteiger partial charge in [0.05, 0.1) is 9.92 Å². The number of anilines is 2. The van der Waals surface area contributed by atoms with Crippen molar-refractivity contribution >= 4 is 44.8 Å². The standard InChI is InChI=1S/C23H25ClFN3O4S/c1-14-2-5-17(26-22(29)15-3-4-15)12-21(14)27-23(30)16-8-10-28(11-9-16)33(31,32)18-6-7-20(25)19(24)13-18/h2,5-7,12-13,15-16H,3-4,8-11H2,1H3,(H,26,29)(H,27,30). The second-order valence-electron chi connectivity index (χ2n) is 8.54. The Morgan fingerprint density at radius 3 is 2.24 bits per heavy atom. The molecule has 176 valence electrons. The van der Waals surface area contributed by atoms with E-state index in [1.807, 2.05) is 13.0 Å². The summed E-state index contributed by atoms with van der Waals surface area (Å²) in [5.41, 5.74) is 2.11. The van der Waals surface area contributed by atoms with Crippen LogP contribution in [0.15, 0.2) is 41.3 Å². The highest BCUT2D eigenvalue weighted by molar-refractivity contribution is 7.89. The first-order valence-electron chi connectivity index (χ1n) is 10.8. The smallest absolute Gasteiger partial charge is 0.243 e. The second-order valence-corrected chi connectivity index (χ2v) is 10.9. The predicted octanol–water partition coefficient (Wildman–Crippen LogP) is 4.18. The Labute approximate surface area is 197 Å². The molecule has 1 saturated heterocycles. The van der Waals surface area contributed by atoms with E-state index in [1.165, 1.54) is 10.4 Å². The summed E-state index contributed by atoms with van der Waals surface area (Å²) in [6.07, 6.45) is 2.53. The number of benzene rings is 2. The molecule has 1 saturated carbocycles. The first kappa shape index (κ1) is 23.7. The van der Waals surface area contributed by atoms with E-state index in [9.17, 15) is 22.4 Å². The van der Waals surface area contributed by atoms with Gasteiger partial charge in [-0.15, -0.1) is 0 Å². The summed E-state index contributed by atoms with van der Waals surface area (Å²) in [5, 5.41) is 5.54. The molecule has 1 aliphatic heterocycles. The Morgan fingerprint density at radius 2 is 1.61 bits per heavy atom. The molecule has 0 spiro atoms. The van der Waals surface area contributed by atoms with Crippen LogP contribution in [-0.2, 0) is 19.6 Å². The van der Waals surface area contributed by atoms with Crippen molar-refractivity contribution in [1.29, 1.82) is 0 Å². The lowest BCUT2D eigenvalue weighted by atomic mass is 9.97. The van der Waals surface area contributed by atoms with Crippen LogP contribution in [0.2, 0.25) is 5.02 Å². The number of aryl methyl sites for hydroxylation is 1. The van der Waals surface area contributed by atoms with Crippen LogP contribution in [0.3, 0.4) is 0 Å². The fourth-order valence-electron chi connectivity index (χ4n) is 3.80. The van der Waals surface area contributed by atoms with Crippen LogP contribution in [0.1, 0.15) is 31.2 Å². The molecule has 0 bridgehead atoms. The molecule has 2 amide bonds. The zero-order valence-corrected chi connectivity index (χ0v) is 19.7. The Kier molecular flexibility index (Phi) is 6.74. The number of rotatable bonds is 6. The molecule has 10 heteroatoms. The fraction of sp³-hybridized carbons (Fsp3) is 0.391. The van der Waals surface area contributed by atoms with Crippen molar-refractivity contribution in [3.63, 3.8) is 0 Å². The molecule has 2 aliphatic rings. The van der Waals surface area contributed by atoms with Gasteiger partial charge in [-0.05, 0) is 68.5 Å². The second kappa shape index (κ2) is 9.40. The van der Waals surface area contributed by atoms with Gasteiger partial charge in [0.2, 0.25) is 21.8 Å². The van der Waals surface area contributed by atoms with E-state index in [0.717, 1.165) is 30.5 Å². The van der Waals surface area contributed by atoms with Gasteiger partial charge in [0.1, 0.15) is 5.82 Å². The number of nitrogens with one attached hydrogen (secondary N) is 2. The Balaban J connectivity index is 1.37. The molecule has 7 nitrogen and oxygen atoms in total. The molecular weight excluding hydrogens is 469 g/mol. The van der Waals surface area contributed by atoms with E-state index in [2.05, 4.69) is 10.6 Å². The number of hydrogen-bond donors (Lipinski definition) is 2. The summed E-state index contributed by atoms with van der Waals surface area (Å²) in [6.45, 7) is 2.21. The molecule has 4 rings (SSSR count). The fourth-order valence-corrected chi connectivity index (χ4v) is 5.55. The van der Waals surface area contributed by atoms with E-state index in [-0.39, 0.29) is 46.7 Å². The third-order valence-corrected chi connectivity index (χ3v) is 8.25. The number of sulfonamides is 1. The third-order valence-electron chi connectivity index (χ3n) is 6.06. The minimum atomic E-state index is -3.82. The summed E-state index contributed by atoms with van der Waals surface area (Å²) in [7, 11) is -3.82. The van der Waals surface area contributed by atoms with Crippen molar-refractivity contribution < 1.29 is 22.4 Å². The number of nitrogens with zero attached hydrogens (tertiary/aromatic N) is 1. The highest BCUT2D eigenvalue weighted by Gasteiger charge is 2.33. The predicted molar refractivity (Wildman–Crippen MR) is 124 cm³/mol. The zero-order chi connectivity index (χ0) is 23.8. The van der Waals surface area contributed by atoms with Crippen molar-refractivity contribution in [2.45, 2.75) is 37.5 Å². The minimum absolute atomic E-state index is 0.00727. The molecular formula is C23H25ClFN3O4S. The molecule has 0 aromatic heterocycles. The number of carbonyl (C=O) groups is 2. The molecule has 33 heavy (non-hydrogen) atoms. The molecule has 2 aromatic carbocycles. The van der Waals surface area contributed by atoms with Crippen LogP contribution >= 0.6 is 11.6 Å². The summed E-state index contributed by atoms with van der Waals surface area (Å²) in [5.74, 6) is -1.15. The minimum Gasteiger partial charge on any atom is -0.326 e. The maximum Gasteiger partial charge on any atom is 0.243 e. The van der Waals surface area contributed by atoms with Gasteiger partial charge in [0.25, 0.3) is 0 Å². The van der Waals surface area contributed by atoms with Crippen molar-refractivity contribution in [3.05, 3.63) is 52.8 Å². The first-order valence-corrected chi connectivity index (χ1v) is 12.6. The van der Waals surface area contributed by atoms with E-state index in [4.69, 9.17) is 11.6 Å². The van der Waals surface area contributed by atoms with Gasteiger partial charge >= 0.3 is 0 Å². The SMILES string of the molecule is Cc1ccc(NC(=O)C2CC2)cc1NC(=O)C1CCN(S(=O)(=O)c2ccc(F)c(Cl)c2)CC1. The monoisotopic (exact) mass is 493 g/mol. The van der Waals surface area contributed by atoms with Gasteiger partial charge in [0.15, 0.2) is 0 Å². The Bertz CT molecular complexity index is 1190. The lowest BCUT2D eigenvalue weighted by Gasteiger charge is -2.30. The third kappa shape index (κ3) is 5.37. The molecule has 2 aromatic rings. The average molecular weight is 494 g/mol. The normalized spacial score (nSPS) is 17.5. The lowest BCUT2D eigenvalue weighted by Crippen LogP contribution is -2.41. The van der Waals surface area contributed by atoms with Gasteiger partial charge in [-0.25, -0.2) is 12.8 Å². The number of carbonyl (C=O) groups excluding carboxylic acids is 2. The first-order chi connectivity index (χ1) is 15.6. The molecule has 2 N–H and O–H groups in total. The van der Waals surface area contributed by atoms with Gasteiger partial charge in [-0.1, -0.05) is 17.7 Å². The Morgan fingerprint density at radius 1 is 0.970 bits per heavy atom. The highest BCUT2D eigenvalue weighted by Crippen LogP contribution is 2.31. The highest BCUT2D eigenvalue weighted by atomic mass is 35.5. The van der Waals surface area contributed by atoms with Gasteiger partial charge in [-0.3, -0.25) is 9.59 Å². The molecule has 2 fully saturated rings. The summed E-state index contributed by atoms with van der Waals surface area (Å²) < 4.78 is 40.4. The number of halogens is 2. The quantitative estimate of drug-likeness (QED) is 0.631. The van der Waals surface area contributed by atoms with Crippen LogP contribution in [-0.4, -0.2) is 37.6 Å². The number of amides is 2. The van der Waals surface area contributed by atoms with Gasteiger partial charge in [-0.2, -0.15) is 4.31 Å². The van der Waals surface area contributed by atoms with E-state index in [0.29, 0.717) is 24.2 Å². The van der Waals surface area contributed by atoms with Crippen molar-refractivity contribution in [2.75, 3.05) is 23.7 Å². The number of piperidine rings is 1. The van der Waals surface area contributed by atoms with Crippen LogP contribution in [0, 0.1) is 24.6 Å². The van der Waals surface area contributed by atoms with Crippen LogP contribution in [0.5, 0.6) is 0 Å². The van der Waals surface area contributed by atoms with Gasteiger partial charge < -0.3 is 10.6 Å².